The maximum atomic E-state index is 12.6. The average Bonchev–Trinajstić information content (AvgIpc) is 2.84. The Morgan fingerprint density at radius 2 is 2.22 bits per heavy atom. The number of aromatic amines is 1. The van der Waals surface area contributed by atoms with Crippen molar-refractivity contribution in [3.63, 3.8) is 0 Å². The van der Waals surface area contributed by atoms with Gasteiger partial charge < -0.3 is 15.0 Å². The zero-order chi connectivity index (χ0) is 13.6. The Hall–Kier alpha value is -1.02. The third kappa shape index (κ3) is 2.26. The van der Waals surface area contributed by atoms with Crippen molar-refractivity contribution in [3.05, 3.63) is 22.4 Å². The number of carbonyl (C=O) groups excluding carboxylic acids is 1. The molecule has 1 amide bonds. The fourth-order valence-electron chi connectivity index (χ4n) is 1.86. The van der Waals surface area contributed by atoms with E-state index in [0.29, 0.717) is 4.47 Å². The van der Waals surface area contributed by atoms with Gasteiger partial charge in [0.25, 0.3) is 5.91 Å². The lowest BCUT2D eigenvalue weighted by Gasteiger charge is -2.25. The number of β-amino-alcohol motifs (C(OH)–C–C–N with tert-alkyl or cyclic N) is 1. The number of carbonyl (C=O) groups is 1. The molecule has 0 radical (unpaired) electrons. The van der Waals surface area contributed by atoms with Gasteiger partial charge in [0.1, 0.15) is 5.69 Å². The van der Waals surface area contributed by atoms with Gasteiger partial charge >= 0.3 is 6.18 Å². The topological polar surface area (TPSA) is 56.3 Å². The lowest BCUT2D eigenvalue weighted by molar-refractivity contribution is -0.253. The third-order valence-electron chi connectivity index (χ3n) is 2.94. The quantitative estimate of drug-likeness (QED) is 0.828. The molecule has 1 aromatic rings. The van der Waals surface area contributed by atoms with Crippen LogP contribution in [-0.4, -0.2) is 45.8 Å². The number of likely N-dealkylation sites (tertiary alicyclic amines) is 1. The number of aromatic nitrogens is 1. The van der Waals surface area contributed by atoms with E-state index < -0.39 is 30.7 Å². The van der Waals surface area contributed by atoms with Crippen LogP contribution >= 0.6 is 15.9 Å². The summed E-state index contributed by atoms with van der Waals surface area (Å²) < 4.78 is 38.4. The van der Waals surface area contributed by atoms with Crippen LogP contribution in [0.4, 0.5) is 13.2 Å². The van der Waals surface area contributed by atoms with Crippen LogP contribution in [0.15, 0.2) is 16.7 Å². The van der Waals surface area contributed by atoms with Crippen LogP contribution in [-0.2, 0) is 0 Å². The molecule has 1 unspecified atom stereocenters. The normalized spacial score (nSPS) is 24.6. The molecule has 4 nitrogen and oxygen atoms in total. The molecule has 100 valence electrons. The van der Waals surface area contributed by atoms with Crippen LogP contribution in [0.3, 0.4) is 0 Å². The Balaban J connectivity index is 2.12. The Morgan fingerprint density at radius 1 is 1.56 bits per heavy atom. The first-order chi connectivity index (χ1) is 8.23. The Kier molecular flexibility index (Phi) is 3.18. The van der Waals surface area contributed by atoms with Gasteiger partial charge in [-0.3, -0.25) is 4.79 Å². The minimum Gasteiger partial charge on any atom is -0.379 e. The standard InChI is InChI=1S/C10H10BrF3N2O2/c11-6-3-7(15-4-6)8(17)16-2-1-9(18,5-16)10(12,13)14/h3-4,15,18H,1-2,5H2. The fraction of sp³-hybridized carbons (Fsp3) is 0.500. The molecule has 1 aromatic heterocycles. The molecule has 1 aliphatic rings. The lowest BCUT2D eigenvalue weighted by atomic mass is 10.0. The van der Waals surface area contributed by atoms with E-state index in [9.17, 15) is 23.1 Å². The number of amides is 1. The van der Waals surface area contributed by atoms with E-state index >= 15 is 0 Å². The summed E-state index contributed by atoms with van der Waals surface area (Å²) in [6.07, 6.45) is -3.71. The minimum absolute atomic E-state index is 0.120. The van der Waals surface area contributed by atoms with E-state index in [1.165, 1.54) is 12.3 Å². The van der Waals surface area contributed by atoms with E-state index in [-0.39, 0.29) is 12.2 Å². The van der Waals surface area contributed by atoms with Gasteiger partial charge in [-0.05, 0) is 22.0 Å². The summed E-state index contributed by atoms with van der Waals surface area (Å²) in [6.45, 7) is -0.850. The summed E-state index contributed by atoms with van der Waals surface area (Å²) in [4.78, 5) is 15.5. The van der Waals surface area contributed by atoms with Gasteiger partial charge in [0.15, 0.2) is 5.60 Å². The predicted molar refractivity (Wildman–Crippen MR) is 60.0 cm³/mol. The van der Waals surface area contributed by atoms with Crippen LogP contribution in [0.5, 0.6) is 0 Å². The fourth-order valence-corrected chi connectivity index (χ4v) is 2.20. The van der Waals surface area contributed by atoms with Gasteiger partial charge in [0, 0.05) is 23.6 Å². The van der Waals surface area contributed by atoms with Gasteiger partial charge in [-0.15, -0.1) is 0 Å². The molecule has 1 fully saturated rings. The molecule has 8 heteroatoms. The van der Waals surface area contributed by atoms with Crippen molar-refractivity contribution in [1.82, 2.24) is 9.88 Å². The molecule has 2 N–H and O–H groups in total. The maximum Gasteiger partial charge on any atom is 0.419 e. The number of alkyl halides is 3. The van der Waals surface area contributed by atoms with Crippen molar-refractivity contribution in [2.24, 2.45) is 0 Å². The minimum atomic E-state index is -4.72. The van der Waals surface area contributed by atoms with Gasteiger partial charge in [0.2, 0.25) is 0 Å². The number of H-pyrrole nitrogens is 1. The Labute approximate surface area is 109 Å². The second-order valence-corrected chi connectivity index (χ2v) is 5.15. The molecule has 0 bridgehead atoms. The summed E-state index contributed by atoms with van der Waals surface area (Å²) in [5.74, 6) is -0.555. The lowest BCUT2D eigenvalue weighted by Crippen LogP contribution is -2.48. The van der Waals surface area contributed by atoms with E-state index in [2.05, 4.69) is 20.9 Å². The molecular formula is C10H10BrF3N2O2. The second kappa shape index (κ2) is 4.27. The van der Waals surface area contributed by atoms with E-state index in [0.717, 1.165) is 4.90 Å². The monoisotopic (exact) mass is 326 g/mol. The van der Waals surface area contributed by atoms with Crippen LogP contribution in [0, 0.1) is 0 Å². The molecule has 0 spiro atoms. The highest BCUT2D eigenvalue weighted by Gasteiger charge is 2.57. The van der Waals surface area contributed by atoms with Crippen LogP contribution in [0.1, 0.15) is 16.9 Å². The van der Waals surface area contributed by atoms with Gasteiger partial charge in [-0.1, -0.05) is 0 Å². The number of nitrogens with zero attached hydrogens (tertiary/aromatic N) is 1. The van der Waals surface area contributed by atoms with Crippen molar-refractivity contribution in [1.29, 1.82) is 0 Å². The number of nitrogens with one attached hydrogen (secondary N) is 1. The zero-order valence-electron chi connectivity index (χ0n) is 9.09. The molecule has 18 heavy (non-hydrogen) atoms. The molecule has 0 aromatic carbocycles. The molecular weight excluding hydrogens is 317 g/mol. The number of hydrogen-bond donors (Lipinski definition) is 2. The second-order valence-electron chi connectivity index (χ2n) is 4.24. The van der Waals surface area contributed by atoms with E-state index in [4.69, 9.17) is 0 Å². The summed E-state index contributed by atoms with van der Waals surface area (Å²) in [5, 5.41) is 9.46. The molecule has 0 saturated carbocycles. The first kappa shape index (κ1) is 13.4. The molecule has 2 heterocycles. The van der Waals surface area contributed by atoms with Gasteiger partial charge in [0.05, 0.1) is 6.54 Å². The first-order valence-electron chi connectivity index (χ1n) is 5.15. The highest BCUT2D eigenvalue weighted by atomic mass is 79.9. The largest absolute Gasteiger partial charge is 0.419 e. The van der Waals surface area contributed by atoms with Crippen LogP contribution in [0.2, 0.25) is 0 Å². The predicted octanol–water partition coefficient (Wildman–Crippen LogP) is 1.92. The number of halogens is 4. The van der Waals surface area contributed by atoms with Crippen LogP contribution in [0.25, 0.3) is 0 Å². The van der Waals surface area contributed by atoms with E-state index in [1.54, 1.807) is 0 Å². The molecule has 1 saturated heterocycles. The van der Waals surface area contributed by atoms with Crippen molar-refractivity contribution in [2.45, 2.75) is 18.2 Å². The molecule has 0 aliphatic carbocycles. The maximum absolute atomic E-state index is 12.6. The zero-order valence-corrected chi connectivity index (χ0v) is 10.7. The van der Waals surface area contributed by atoms with E-state index in [1.807, 2.05) is 0 Å². The highest BCUT2D eigenvalue weighted by Crippen LogP contribution is 2.37. The number of hydrogen-bond acceptors (Lipinski definition) is 2. The Morgan fingerprint density at radius 3 is 2.67 bits per heavy atom. The Bertz CT molecular complexity index is 474. The summed E-state index contributed by atoms with van der Waals surface area (Å²) >= 11 is 3.13. The van der Waals surface area contributed by atoms with Gasteiger partial charge in [-0.2, -0.15) is 13.2 Å². The van der Waals surface area contributed by atoms with Crippen molar-refractivity contribution >= 4 is 21.8 Å². The third-order valence-corrected chi connectivity index (χ3v) is 3.40. The van der Waals surface area contributed by atoms with Crippen LogP contribution < -0.4 is 0 Å². The molecule has 1 aliphatic heterocycles. The summed E-state index contributed by atoms with van der Waals surface area (Å²) in [7, 11) is 0. The summed E-state index contributed by atoms with van der Waals surface area (Å²) in [5.41, 5.74) is -2.61. The SMILES string of the molecule is O=C(c1cc(Br)c[nH]1)N1CCC(O)(C(F)(F)F)C1. The highest BCUT2D eigenvalue weighted by molar-refractivity contribution is 9.10. The smallest absolute Gasteiger partial charge is 0.379 e. The van der Waals surface area contributed by atoms with Crippen molar-refractivity contribution in [3.8, 4) is 0 Å². The van der Waals surface area contributed by atoms with Crippen molar-refractivity contribution < 1.29 is 23.1 Å². The van der Waals surface area contributed by atoms with Gasteiger partial charge in [-0.25, -0.2) is 0 Å². The number of aliphatic hydroxyl groups is 1. The first-order valence-corrected chi connectivity index (χ1v) is 5.94. The van der Waals surface area contributed by atoms with Crippen molar-refractivity contribution in [2.75, 3.05) is 13.1 Å². The average molecular weight is 327 g/mol. The molecule has 1 atom stereocenters. The molecule has 2 rings (SSSR count). The number of rotatable bonds is 1. The summed E-state index contributed by atoms with van der Waals surface area (Å²) in [6, 6.07) is 1.48.